The molecule has 0 atom stereocenters. The van der Waals surface area contributed by atoms with Gasteiger partial charge in [-0.25, -0.2) is 0 Å². The fraction of sp³-hybridized carbons (Fsp3) is 0.348. The Kier molecular flexibility index (Phi) is 7.01. The largest absolute Gasteiger partial charge is 0.379 e. The van der Waals surface area contributed by atoms with E-state index in [0.29, 0.717) is 11.7 Å². The lowest BCUT2D eigenvalue weighted by molar-refractivity contribution is -0.113. The Bertz CT molecular complexity index is 1030. The van der Waals surface area contributed by atoms with Crippen LogP contribution in [-0.2, 0) is 16.1 Å². The summed E-state index contributed by atoms with van der Waals surface area (Å²) >= 11 is 1.40. The lowest BCUT2D eigenvalue weighted by Gasteiger charge is -2.26. The maximum atomic E-state index is 12.6. The Hall–Kier alpha value is -2.68. The van der Waals surface area contributed by atoms with E-state index in [1.54, 1.807) is 0 Å². The van der Waals surface area contributed by atoms with Gasteiger partial charge in [-0.15, -0.1) is 10.2 Å². The zero-order valence-electron chi connectivity index (χ0n) is 17.9. The Morgan fingerprint density at radius 1 is 1.10 bits per heavy atom. The van der Waals surface area contributed by atoms with Crippen LogP contribution in [0.1, 0.15) is 17.0 Å². The first-order valence-corrected chi connectivity index (χ1v) is 11.4. The molecule has 0 saturated carbocycles. The van der Waals surface area contributed by atoms with E-state index < -0.39 is 0 Å². The van der Waals surface area contributed by atoms with Crippen LogP contribution >= 0.6 is 11.8 Å². The van der Waals surface area contributed by atoms with E-state index in [0.717, 1.165) is 54.6 Å². The molecule has 3 aromatic rings. The van der Waals surface area contributed by atoms with Crippen molar-refractivity contribution in [2.24, 2.45) is 0 Å². The first kappa shape index (κ1) is 21.5. The van der Waals surface area contributed by atoms with Crippen molar-refractivity contribution in [1.82, 2.24) is 19.7 Å². The van der Waals surface area contributed by atoms with Gasteiger partial charge in [0, 0.05) is 24.5 Å². The molecule has 1 fully saturated rings. The molecule has 1 aliphatic rings. The summed E-state index contributed by atoms with van der Waals surface area (Å²) in [5.74, 6) is 1.07. The van der Waals surface area contributed by atoms with E-state index in [2.05, 4.69) is 20.4 Å². The summed E-state index contributed by atoms with van der Waals surface area (Å²) in [5, 5.41) is 12.6. The summed E-state index contributed by atoms with van der Waals surface area (Å²) in [5.41, 5.74) is 4.01. The summed E-state index contributed by atoms with van der Waals surface area (Å²) in [6.45, 7) is 7.93. The van der Waals surface area contributed by atoms with Gasteiger partial charge >= 0.3 is 0 Å². The number of ether oxygens (including phenoxy) is 1. The highest BCUT2D eigenvalue weighted by Crippen LogP contribution is 2.24. The van der Waals surface area contributed by atoms with E-state index in [1.807, 2.05) is 66.9 Å². The molecule has 7 nitrogen and oxygen atoms in total. The molecule has 0 aliphatic carbocycles. The van der Waals surface area contributed by atoms with Crippen LogP contribution in [0.5, 0.6) is 0 Å². The fourth-order valence-corrected chi connectivity index (χ4v) is 4.25. The molecule has 1 amide bonds. The molecule has 0 unspecified atom stereocenters. The van der Waals surface area contributed by atoms with E-state index in [4.69, 9.17) is 4.74 Å². The molecule has 2 aromatic carbocycles. The number of nitrogens with one attached hydrogen (secondary N) is 1. The normalized spacial score (nSPS) is 14.5. The first-order valence-electron chi connectivity index (χ1n) is 10.4. The second-order valence-corrected chi connectivity index (χ2v) is 8.56. The summed E-state index contributed by atoms with van der Waals surface area (Å²) in [6, 6.07) is 16.1. The molecule has 0 bridgehead atoms. The second kappa shape index (κ2) is 10.1. The summed E-state index contributed by atoms with van der Waals surface area (Å²) in [7, 11) is 0. The van der Waals surface area contributed by atoms with Gasteiger partial charge in [-0.05, 0) is 43.2 Å². The highest BCUT2D eigenvalue weighted by molar-refractivity contribution is 7.99. The second-order valence-electron chi connectivity index (χ2n) is 7.61. The lowest BCUT2D eigenvalue weighted by Crippen LogP contribution is -2.36. The van der Waals surface area contributed by atoms with Crippen LogP contribution in [0.15, 0.2) is 53.7 Å². The van der Waals surface area contributed by atoms with Gasteiger partial charge in [0.2, 0.25) is 5.91 Å². The average Bonchev–Trinajstić information content (AvgIpc) is 3.18. The number of aromatic nitrogens is 3. The third-order valence-electron chi connectivity index (χ3n) is 5.18. The van der Waals surface area contributed by atoms with Crippen molar-refractivity contribution in [3.63, 3.8) is 0 Å². The number of anilines is 1. The number of morpholine rings is 1. The predicted octanol–water partition coefficient (Wildman–Crippen LogP) is 3.45. The molecule has 1 aliphatic heterocycles. The zero-order valence-corrected chi connectivity index (χ0v) is 18.7. The van der Waals surface area contributed by atoms with Gasteiger partial charge in [0.1, 0.15) is 0 Å². The highest BCUT2D eigenvalue weighted by Gasteiger charge is 2.19. The topological polar surface area (TPSA) is 72.3 Å². The van der Waals surface area contributed by atoms with Crippen molar-refractivity contribution in [2.45, 2.75) is 25.5 Å². The van der Waals surface area contributed by atoms with Gasteiger partial charge in [0.05, 0.1) is 25.5 Å². The summed E-state index contributed by atoms with van der Waals surface area (Å²) in [6.07, 6.45) is 0. The number of thioether (sulfide) groups is 1. The van der Waals surface area contributed by atoms with Crippen LogP contribution < -0.4 is 5.32 Å². The van der Waals surface area contributed by atoms with Crippen molar-refractivity contribution in [3.05, 3.63) is 65.5 Å². The Morgan fingerprint density at radius 3 is 2.65 bits per heavy atom. The number of nitrogens with zero attached hydrogens (tertiary/aromatic N) is 4. The summed E-state index contributed by atoms with van der Waals surface area (Å²) in [4.78, 5) is 14.9. The minimum absolute atomic E-state index is 0.0592. The van der Waals surface area contributed by atoms with Crippen molar-refractivity contribution < 1.29 is 9.53 Å². The van der Waals surface area contributed by atoms with Crippen molar-refractivity contribution >= 4 is 23.4 Å². The van der Waals surface area contributed by atoms with Crippen LogP contribution in [0.2, 0.25) is 0 Å². The Labute approximate surface area is 186 Å². The number of hydrogen-bond acceptors (Lipinski definition) is 6. The molecule has 1 aromatic heterocycles. The smallest absolute Gasteiger partial charge is 0.234 e. The molecular weight excluding hydrogens is 410 g/mol. The van der Waals surface area contributed by atoms with Gasteiger partial charge < -0.3 is 10.1 Å². The maximum absolute atomic E-state index is 12.6. The lowest BCUT2D eigenvalue weighted by atomic mass is 10.1. The molecule has 8 heteroatoms. The van der Waals surface area contributed by atoms with Crippen molar-refractivity contribution in [2.75, 3.05) is 37.4 Å². The molecule has 2 heterocycles. The molecule has 4 rings (SSSR count). The number of amides is 1. The fourth-order valence-electron chi connectivity index (χ4n) is 3.48. The van der Waals surface area contributed by atoms with Crippen LogP contribution in [0.4, 0.5) is 5.69 Å². The van der Waals surface area contributed by atoms with Crippen LogP contribution in [-0.4, -0.2) is 57.6 Å². The van der Waals surface area contributed by atoms with Gasteiger partial charge in [-0.3, -0.25) is 14.3 Å². The van der Waals surface area contributed by atoms with Crippen molar-refractivity contribution in [3.8, 4) is 5.69 Å². The average molecular weight is 438 g/mol. The van der Waals surface area contributed by atoms with E-state index >= 15 is 0 Å². The van der Waals surface area contributed by atoms with Gasteiger partial charge in [0.25, 0.3) is 0 Å². The van der Waals surface area contributed by atoms with E-state index in [9.17, 15) is 4.79 Å². The van der Waals surface area contributed by atoms with Crippen molar-refractivity contribution in [1.29, 1.82) is 0 Å². The molecule has 0 radical (unpaired) electrons. The molecule has 1 saturated heterocycles. The van der Waals surface area contributed by atoms with E-state index in [-0.39, 0.29) is 11.7 Å². The number of rotatable bonds is 7. The van der Waals surface area contributed by atoms with Gasteiger partial charge in [-0.2, -0.15) is 0 Å². The van der Waals surface area contributed by atoms with Crippen LogP contribution in [0.25, 0.3) is 5.69 Å². The molecule has 1 N–H and O–H groups in total. The number of hydrogen-bond donors (Lipinski definition) is 1. The molecule has 162 valence electrons. The minimum atomic E-state index is -0.0592. The number of aryl methyl sites for hydroxylation is 2. The van der Waals surface area contributed by atoms with Crippen LogP contribution in [0, 0.1) is 13.8 Å². The Balaban J connectivity index is 1.49. The quantitative estimate of drug-likeness (QED) is 0.571. The first-order chi connectivity index (χ1) is 15.1. The summed E-state index contributed by atoms with van der Waals surface area (Å²) < 4.78 is 7.50. The van der Waals surface area contributed by atoms with Gasteiger partial charge in [-0.1, -0.05) is 42.1 Å². The monoisotopic (exact) mass is 437 g/mol. The number of carbonyl (C=O) groups excluding carboxylic acids is 1. The van der Waals surface area contributed by atoms with Crippen LogP contribution in [0.3, 0.4) is 0 Å². The Morgan fingerprint density at radius 2 is 1.87 bits per heavy atom. The van der Waals surface area contributed by atoms with E-state index in [1.165, 1.54) is 11.8 Å². The zero-order chi connectivity index (χ0) is 21.6. The molecule has 0 spiro atoms. The number of carbonyl (C=O) groups is 1. The standard InChI is InChI=1S/C23H27N5O2S/c1-17-8-9-18(2)20(14-17)24-22(29)16-31-23-26-25-21(15-27-10-12-30-13-11-27)28(23)19-6-4-3-5-7-19/h3-9,14H,10-13,15-16H2,1-2H3,(H,24,29). The predicted molar refractivity (Wildman–Crippen MR) is 123 cm³/mol. The minimum Gasteiger partial charge on any atom is -0.379 e. The number of para-hydroxylation sites is 1. The van der Waals surface area contributed by atoms with Gasteiger partial charge in [0.15, 0.2) is 11.0 Å². The third-order valence-corrected chi connectivity index (χ3v) is 6.11. The molecule has 31 heavy (non-hydrogen) atoms. The number of benzene rings is 2. The third kappa shape index (κ3) is 5.52. The SMILES string of the molecule is Cc1ccc(C)c(NC(=O)CSc2nnc(CN3CCOCC3)n2-c2ccccc2)c1. The highest BCUT2D eigenvalue weighted by atomic mass is 32.2. The maximum Gasteiger partial charge on any atom is 0.234 e. The molecular formula is C23H27N5O2S.